The summed E-state index contributed by atoms with van der Waals surface area (Å²) in [7, 11) is 4.10. The third-order valence-corrected chi connectivity index (χ3v) is 5.48. The Hall–Kier alpha value is -1.35. The predicted octanol–water partition coefficient (Wildman–Crippen LogP) is 3.64. The Kier molecular flexibility index (Phi) is 5.51. The summed E-state index contributed by atoms with van der Waals surface area (Å²) in [6, 6.07) is 6.67. The van der Waals surface area contributed by atoms with Crippen molar-refractivity contribution in [3.05, 3.63) is 34.9 Å². The van der Waals surface area contributed by atoms with Crippen LogP contribution in [0.3, 0.4) is 0 Å². The van der Waals surface area contributed by atoms with Gasteiger partial charge in [-0.05, 0) is 83.2 Å². The van der Waals surface area contributed by atoms with Gasteiger partial charge in [-0.15, -0.1) is 0 Å². The number of aryl methyl sites for hydroxylation is 2. The summed E-state index contributed by atoms with van der Waals surface area (Å²) in [4.78, 5) is 14.6. The average molecular weight is 316 g/mol. The Morgan fingerprint density at radius 1 is 1.26 bits per heavy atom. The van der Waals surface area contributed by atoms with E-state index in [9.17, 15) is 4.79 Å². The van der Waals surface area contributed by atoms with E-state index in [2.05, 4.69) is 56.1 Å². The fourth-order valence-corrected chi connectivity index (χ4v) is 2.80. The molecule has 23 heavy (non-hydrogen) atoms. The Bertz CT molecular complexity index is 559. The topological polar surface area (TPSA) is 32.3 Å². The van der Waals surface area contributed by atoms with Crippen LogP contribution >= 0.6 is 0 Å². The standard InChI is InChI=1S/C20H32N2O/c1-14-7-8-17(11-15(14)2)18(16-9-10-16)12-19(23)21-13-20(3,4)22(5)6/h7-8,11,16,18H,9-10,12-13H2,1-6H3,(H,21,23). The normalized spacial score (nSPS) is 16.5. The van der Waals surface area contributed by atoms with Gasteiger partial charge >= 0.3 is 0 Å². The summed E-state index contributed by atoms with van der Waals surface area (Å²) in [6.07, 6.45) is 3.12. The first kappa shape index (κ1) is 18.0. The molecule has 1 aliphatic rings. The van der Waals surface area contributed by atoms with Gasteiger partial charge in [0.2, 0.25) is 5.91 Å². The summed E-state index contributed by atoms with van der Waals surface area (Å²) < 4.78 is 0. The number of amides is 1. The number of rotatable bonds is 7. The van der Waals surface area contributed by atoms with E-state index in [1.165, 1.54) is 29.5 Å². The molecule has 0 aliphatic heterocycles. The van der Waals surface area contributed by atoms with Gasteiger partial charge in [0.05, 0.1) is 0 Å². The molecule has 0 spiro atoms. The third kappa shape index (κ3) is 4.81. The molecule has 2 rings (SSSR count). The summed E-state index contributed by atoms with van der Waals surface area (Å²) >= 11 is 0. The maximum atomic E-state index is 12.5. The zero-order valence-corrected chi connectivity index (χ0v) is 15.6. The lowest BCUT2D eigenvalue weighted by Gasteiger charge is -2.32. The number of carbonyl (C=O) groups is 1. The molecule has 128 valence electrons. The van der Waals surface area contributed by atoms with Crippen molar-refractivity contribution in [2.24, 2.45) is 5.92 Å². The highest BCUT2D eigenvalue weighted by Gasteiger charge is 2.34. The summed E-state index contributed by atoms with van der Waals surface area (Å²) in [5, 5.41) is 3.13. The van der Waals surface area contributed by atoms with Crippen molar-refractivity contribution in [1.82, 2.24) is 10.2 Å². The molecular formula is C20H32N2O. The van der Waals surface area contributed by atoms with Crippen molar-refractivity contribution >= 4 is 5.91 Å². The van der Waals surface area contributed by atoms with Crippen molar-refractivity contribution in [2.45, 2.75) is 58.4 Å². The molecule has 3 heteroatoms. The van der Waals surface area contributed by atoms with E-state index in [1.54, 1.807) is 0 Å². The molecule has 3 nitrogen and oxygen atoms in total. The van der Waals surface area contributed by atoms with Crippen LogP contribution in [-0.4, -0.2) is 37.0 Å². The predicted molar refractivity (Wildman–Crippen MR) is 96.8 cm³/mol. The molecule has 0 radical (unpaired) electrons. The maximum Gasteiger partial charge on any atom is 0.220 e. The van der Waals surface area contributed by atoms with Crippen molar-refractivity contribution in [3.8, 4) is 0 Å². The molecule has 1 amide bonds. The molecule has 0 saturated heterocycles. The second kappa shape index (κ2) is 7.04. The average Bonchev–Trinajstić information content (AvgIpc) is 3.30. The number of carbonyl (C=O) groups excluding carboxylic acids is 1. The minimum absolute atomic E-state index is 0.0226. The van der Waals surface area contributed by atoms with E-state index in [0.29, 0.717) is 24.8 Å². The Labute approximate surface area is 141 Å². The van der Waals surface area contributed by atoms with Gasteiger partial charge < -0.3 is 10.2 Å². The largest absolute Gasteiger partial charge is 0.354 e. The first-order chi connectivity index (χ1) is 10.7. The van der Waals surface area contributed by atoms with Gasteiger partial charge in [-0.3, -0.25) is 4.79 Å². The van der Waals surface area contributed by atoms with Crippen LogP contribution in [0.4, 0.5) is 0 Å². The molecule has 0 heterocycles. The van der Waals surface area contributed by atoms with Crippen molar-refractivity contribution in [3.63, 3.8) is 0 Å². The zero-order chi connectivity index (χ0) is 17.2. The number of likely N-dealkylation sites (N-methyl/N-ethyl adjacent to an activating group) is 1. The van der Waals surface area contributed by atoms with Gasteiger partial charge in [-0.1, -0.05) is 18.2 Å². The number of hydrogen-bond acceptors (Lipinski definition) is 2. The molecule has 1 fully saturated rings. The number of nitrogens with one attached hydrogen (secondary N) is 1. The van der Waals surface area contributed by atoms with Gasteiger partial charge in [-0.2, -0.15) is 0 Å². The lowest BCUT2D eigenvalue weighted by molar-refractivity contribution is -0.122. The summed E-state index contributed by atoms with van der Waals surface area (Å²) in [5.74, 6) is 1.23. The fraction of sp³-hybridized carbons (Fsp3) is 0.650. The van der Waals surface area contributed by atoms with Crippen molar-refractivity contribution in [1.29, 1.82) is 0 Å². The molecule has 1 aliphatic carbocycles. The van der Waals surface area contributed by atoms with E-state index in [0.717, 1.165) is 0 Å². The molecule has 1 aromatic carbocycles. The van der Waals surface area contributed by atoms with Crippen LogP contribution in [0.1, 0.15) is 55.7 Å². The zero-order valence-electron chi connectivity index (χ0n) is 15.6. The van der Waals surface area contributed by atoms with Crippen LogP contribution in [0.25, 0.3) is 0 Å². The highest BCUT2D eigenvalue weighted by Crippen LogP contribution is 2.44. The lowest BCUT2D eigenvalue weighted by atomic mass is 9.88. The van der Waals surface area contributed by atoms with E-state index >= 15 is 0 Å². The van der Waals surface area contributed by atoms with Crippen LogP contribution in [0.2, 0.25) is 0 Å². The van der Waals surface area contributed by atoms with E-state index in [-0.39, 0.29) is 11.4 Å². The molecule has 0 bridgehead atoms. The van der Waals surface area contributed by atoms with Gasteiger partial charge in [-0.25, -0.2) is 0 Å². The number of benzene rings is 1. The van der Waals surface area contributed by atoms with E-state index in [1.807, 2.05) is 14.1 Å². The van der Waals surface area contributed by atoms with Crippen LogP contribution in [0.5, 0.6) is 0 Å². The maximum absolute atomic E-state index is 12.5. The van der Waals surface area contributed by atoms with Crippen molar-refractivity contribution < 1.29 is 4.79 Å². The van der Waals surface area contributed by atoms with Gasteiger partial charge in [0.25, 0.3) is 0 Å². The molecular weight excluding hydrogens is 284 g/mol. The first-order valence-corrected chi connectivity index (χ1v) is 8.72. The second-order valence-corrected chi connectivity index (χ2v) is 7.98. The molecule has 1 atom stereocenters. The van der Waals surface area contributed by atoms with E-state index < -0.39 is 0 Å². The minimum Gasteiger partial charge on any atom is -0.354 e. The number of nitrogens with zero attached hydrogens (tertiary/aromatic N) is 1. The van der Waals surface area contributed by atoms with Crippen LogP contribution in [0.15, 0.2) is 18.2 Å². The quantitative estimate of drug-likeness (QED) is 0.833. The molecule has 1 aromatic rings. The SMILES string of the molecule is Cc1ccc(C(CC(=O)NCC(C)(C)N(C)C)C2CC2)cc1C. The van der Waals surface area contributed by atoms with Gasteiger partial charge in [0.15, 0.2) is 0 Å². The highest BCUT2D eigenvalue weighted by molar-refractivity contribution is 5.77. The van der Waals surface area contributed by atoms with Crippen molar-refractivity contribution in [2.75, 3.05) is 20.6 Å². The molecule has 1 N–H and O–H groups in total. The fourth-order valence-electron chi connectivity index (χ4n) is 2.80. The number of hydrogen-bond donors (Lipinski definition) is 1. The van der Waals surface area contributed by atoms with Crippen LogP contribution in [0, 0.1) is 19.8 Å². The monoisotopic (exact) mass is 316 g/mol. The Balaban J connectivity index is 2.00. The van der Waals surface area contributed by atoms with Gasteiger partial charge in [0, 0.05) is 18.5 Å². The Morgan fingerprint density at radius 2 is 1.91 bits per heavy atom. The molecule has 1 saturated carbocycles. The summed E-state index contributed by atoms with van der Waals surface area (Å²) in [5.41, 5.74) is 3.95. The first-order valence-electron chi connectivity index (χ1n) is 8.72. The smallest absolute Gasteiger partial charge is 0.220 e. The minimum atomic E-state index is -0.0226. The Morgan fingerprint density at radius 3 is 2.43 bits per heavy atom. The molecule has 1 unspecified atom stereocenters. The third-order valence-electron chi connectivity index (χ3n) is 5.48. The molecule has 0 aromatic heterocycles. The van der Waals surface area contributed by atoms with Gasteiger partial charge in [0.1, 0.15) is 0 Å². The van der Waals surface area contributed by atoms with Crippen LogP contribution < -0.4 is 5.32 Å². The van der Waals surface area contributed by atoms with Crippen LogP contribution in [-0.2, 0) is 4.79 Å². The summed E-state index contributed by atoms with van der Waals surface area (Å²) in [6.45, 7) is 9.27. The second-order valence-electron chi connectivity index (χ2n) is 7.98. The lowest BCUT2D eigenvalue weighted by Crippen LogP contribution is -2.48. The highest BCUT2D eigenvalue weighted by atomic mass is 16.1. The van der Waals surface area contributed by atoms with E-state index in [4.69, 9.17) is 0 Å².